The molecule has 122 valence electrons. The molecule has 1 aliphatic carbocycles. The molecule has 1 aliphatic rings. The molecule has 0 spiro atoms. The van der Waals surface area contributed by atoms with Gasteiger partial charge in [-0.1, -0.05) is 63.4 Å². The van der Waals surface area contributed by atoms with Gasteiger partial charge in [-0.3, -0.25) is 4.79 Å². The van der Waals surface area contributed by atoms with Crippen LogP contribution in [-0.4, -0.2) is 17.9 Å². The molecule has 1 unspecified atom stereocenters. The second-order valence-corrected chi connectivity index (χ2v) is 5.41. The highest BCUT2D eigenvalue weighted by Gasteiger charge is 2.21. The lowest BCUT2D eigenvalue weighted by molar-refractivity contribution is -0.118. The molecule has 0 saturated heterocycles. The van der Waals surface area contributed by atoms with Crippen molar-refractivity contribution < 1.29 is 9.59 Å². The van der Waals surface area contributed by atoms with Crippen LogP contribution in [0.2, 0.25) is 0 Å². The van der Waals surface area contributed by atoms with Crippen molar-refractivity contribution in [2.75, 3.05) is 0 Å². The fourth-order valence-corrected chi connectivity index (χ4v) is 2.67. The predicted octanol–water partition coefficient (Wildman–Crippen LogP) is 3.97. The Hall–Kier alpha value is -1.84. The summed E-state index contributed by atoms with van der Waals surface area (Å²) in [7, 11) is 0. The summed E-state index contributed by atoms with van der Waals surface area (Å²) in [4.78, 5) is 23.8. The summed E-state index contributed by atoms with van der Waals surface area (Å²) in [5, 5.41) is 5.75. The Morgan fingerprint density at radius 2 is 1.64 bits per heavy atom. The van der Waals surface area contributed by atoms with Crippen molar-refractivity contribution in [3.8, 4) is 0 Å². The number of rotatable bonds is 4. The van der Waals surface area contributed by atoms with Gasteiger partial charge in [0.25, 0.3) is 0 Å². The SMILES string of the molecule is CC.CC(=O)C(NC(=O)NC1CCCCC1)c1ccccc1. The van der Waals surface area contributed by atoms with Crippen molar-refractivity contribution in [2.45, 2.75) is 65.0 Å². The minimum atomic E-state index is -0.570. The monoisotopic (exact) mass is 304 g/mol. The Bertz CT molecular complexity index is 453. The van der Waals surface area contributed by atoms with Crippen LogP contribution in [0.1, 0.15) is 64.5 Å². The van der Waals surface area contributed by atoms with Crippen molar-refractivity contribution >= 4 is 11.8 Å². The molecule has 4 heteroatoms. The van der Waals surface area contributed by atoms with Crippen LogP contribution in [0.25, 0.3) is 0 Å². The Balaban J connectivity index is 0.00000116. The maximum absolute atomic E-state index is 12.0. The van der Waals surface area contributed by atoms with Gasteiger partial charge in [-0.15, -0.1) is 0 Å². The molecule has 1 saturated carbocycles. The molecule has 1 fully saturated rings. The fraction of sp³-hybridized carbons (Fsp3) is 0.556. The number of benzene rings is 1. The van der Waals surface area contributed by atoms with Gasteiger partial charge in [0.05, 0.1) is 0 Å². The van der Waals surface area contributed by atoms with Crippen molar-refractivity contribution in [3.05, 3.63) is 35.9 Å². The lowest BCUT2D eigenvalue weighted by Gasteiger charge is -2.24. The zero-order valence-electron chi connectivity index (χ0n) is 13.9. The standard InChI is InChI=1S/C16H22N2O2.C2H6/c1-12(19)15(13-8-4-2-5-9-13)18-16(20)17-14-10-6-3-7-11-14;1-2/h2,4-5,8-9,14-15H,3,6-7,10-11H2,1H3,(H2,17,18,20);1-2H3. The van der Waals surface area contributed by atoms with E-state index < -0.39 is 6.04 Å². The van der Waals surface area contributed by atoms with Crippen LogP contribution in [0.5, 0.6) is 0 Å². The van der Waals surface area contributed by atoms with E-state index in [0.29, 0.717) is 0 Å². The first-order valence-electron chi connectivity index (χ1n) is 8.29. The van der Waals surface area contributed by atoms with Crippen LogP contribution >= 0.6 is 0 Å². The summed E-state index contributed by atoms with van der Waals surface area (Å²) in [6.45, 7) is 5.50. The molecule has 2 rings (SSSR count). The number of hydrogen-bond acceptors (Lipinski definition) is 2. The summed E-state index contributed by atoms with van der Waals surface area (Å²) in [5.74, 6) is -0.0602. The Morgan fingerprint density at radius 1 is 1.05 bits per heavy atom. The maximum Gasteiger partial charge on any atom is 0.315 e. The van der Waals surface area contributed by atoms with Crippen LogP contribution in [0.15, 0.2) is 30.3 Å². The average molecular weight is 304 g/mol. The van der Waals surface area contributed by atoms with Gasteiger partial charge in [0.1, 0.15) is 6.04 Å². The van der Waals surface area contributed by atoms with Crippen LogP contribution in [0.4, 0.5) is 4.79 Å². The summed E-state index contributed by atoms with van der Waals surface area (Å²) in [6.07, 6.45) is 5.65. The largest absolute Gasteiger partial charge is 0.335 e. The molecule has 0 radical (unpaired) electrons. The molecule has 22 heavy (non-hydrogen) atoms. The second-order valence-electron chi connectivity index (χ2n) is 5.41. The normalized spacial score (nSPS) is 16.0. The molecule has 0 aliphatic heterocycles. The lowest BCUT2D eigenvalue weighted by atomic mass is 9.96. The van der Waals surface area contributed by atoms with E-state index in [1.54, 1.807) is 0 Å². The van der Waals surface area contributed by atoms with E-state index in [1.807, 2.05) is 44.2 Å². The van der Waals surface area contributed by atoms with Crippen molar-refractivity contribution in [1.82, 2.24) is 10.6 Å². The third-order valence-corrected chi connectivity index (χ3v) is 3.76. The number of carbonyl (C=O) groups is 2. The summed E-state index contributed by atoms with van der Waals surface area (Å²) >= 11 is 0. The van der Waals surface area contributed by atoms with E-state index in [2.05, 4.69) is 10.6 Å². The third kappa shape index (κ3) is 5.88. The molecule has 2 amide bonds. The van der Waals surface area contributed by atoms with Gasteiger partial charge in [-0.2, -0.15) is 0 Å². The highest BCUT2D eigenvalue weighted by Crippen LogP contribution is 2.18. The topological polar surface area (TPSA) is 58.2 Å². The molecule has 0 bridgehead atoms. The van der Waals surface area contributed by atoms with Gasteiger partial charge in [0, 0.05) is 6.04 Å². The maximum atomic E-state index is 12.0. The minimum Gasteiger partial charge on any atom is -0.335 e. The average Bonchev–Trinajstić information content (AvgIpc) is 2.56. The van der Waals surface area contributed by atoms with Gasteiger partial charge in [0.2, 0.25) is 0 Å². The van der Waals surface area contributed by atoms with Crippen LogP contribution < -0.4 is 10.6 Å². The van der Waals surface area contributed by atoms with Crippen molar-refractivity contribution in [3.63, 3.8) is 0 Å². The number of hydrogen-bond donors (Lipinski definition) is 2. The van der Waals surface area contributed by atoms with Crippen molar-refractivity contribution in [1.29, 1.82) is 0 Å². The van der Waals surface area contributed by atoms with Gasteiger partial charge < -0.3 is 10.6 Å². The quantitative estimate of drug-likeness (QED) is 0.884. The Labute approximate surface area is 133 Å². The summed E-state index contributed by atoms with van der Waals surface area (Å²) < 4.78 is 0. The van der Waals surface area contributed by atoms with Crippen LogP contribution in [-0.2, 0) is 4.79 Å². The minimum absolute atomic E-state index is 0.0602. The molecule has 0 aromatic heterocycles. The first-order valence-corrected chi connectivity index (χ1v) is 8.29. The van der Waals surface area contributed by atoms with Crippen LogP contribution in [0.3, 0.4) is 0 Å². The second kappa shape index (κ2) is 9.98. The van der Waals surface area contributed by atoms with E-state index in [0.717, 1.165) is 18.4 Å². The first-order chi connectivity index (χ1) is 10.7. The highest BCUT2D eigenvalue weighted by molar-refractivity contribution is 5.88. The molecule has 1 aromatic carbocycles. The molecular formula is C18H28N2O2. The number of nitrogens with one attached hydrogen (secondary N) is 2. The number of carbonyl (C=O) groups excluding carboxylic acids is 2. The van der Waals surface area contributed by atoms with Gasteiger partial charge in [0.15, 0.2) is 5.78 Å². The van der Waals surface area contributed by atoms with Gasteiger partial charge in [-0.25, -0.2) is 4.79 Å². The van der Waals surface area contributed by atoms with Gasteiger partial charge >= 0.3 is 6.03 Å². The van der Waals surface area contributed by atoms with E-state index in [4.69, 9.17) is 0 Å². The molecule has 1 atom stereocenters. The molecule has 0 heterocycles. The predicted molar refractivity (Wildman–Crippen MR) is 89.8 cm³/mol. The number of urea groups is 1. The van der Waals surface area contributed by atoms with Crippen molar-refractivity contribution in [2.24, 2.45) is 0 Å². The zero-order valence-corrected chi connectivity index (χ0v) is 13.9. The van der Waals surface area contributed by atoms with E-state index >= 15 is 0 Å². The first kappa shape index (κ1) is 18.2. The Morgan fingerprint density at radius 3 is 2.18 bits per heavy atom. The summed E-state index contributed by atoms with van der Waals surface area (Å²) in [5.41, 5.74) is 0.818. The molecule has 1 aromatic rings. The molecule has 2 N–H and O–H groups in total. The molecular weight excluding hydrogens is 276 g/mol. The highest BCUT2D eigenvalue weighted by atomic mass is 16.2. The third-order valence-electron chi connectivity index (χ3n) is 3.76. The number of ketones is 1. The number of Topliss-reactive ketones (excluding diaryl/α,β-unsaturated/α-hetero) is 1. The smallest absolute Gasteiger partial charge is 0.315 e. The van der Waals surface area contributed by atoms with E-state index in [-0.39, 0.29) is 17.9 Å². The lowest BCUT2D eigenvalue weighted by Crippen LogP contribution is -2.45. The van der Waals surface area contributed by atoms with E-state index in [9.17, 15) is 9.59 Å². The van der Waals surface area contributed by atoms with E-state index in [1.165, 1.54) is 26.2 Å². The Kier molecular flexibility index (Phi) is 8.26. The fourth-order valence-electron chi connectivity index (χ4n) is 2.67. The zero-order chi connectivity index (χ0) is 16.4. The summed E-state index contributed by atoms with van der Waals surface area (Å²) in [6, 6.07) is 8.76. The van der Waals surface area contributed by atoms with Gasteiger partial charge in [-0.05, 0) is 25.3 Å². The molecule has 4 nitrogen and oxygen atoms in total. The number of amides is 2. The van der Waals surface area contributed by atoms with Crippen LogP contribution in [0, 0.1) is 0 Å².